The smallest absolute Gasteiger partial charge is 0.155 e. The number of benzene rings is 3. The van der Waals surface area contributed by atoms with E-state index in [0.717, 1.165) is 38.7 Å². The Bertz CT molecular complexity index is 1740. The van der Waals surface area contributed by atoms with Gasteiger partial charge in [-0.15, -0.1) is 29.5 Å². The molecule has 0 atom stereocenters. The summed E-state index contributed by atoms with van der Waals surface area (Å²) in [6.45, 7) is 5.00. The number of furan rings is 1. The fourth-order valence-corrected chi connectivity index (χ4v) is 5.43. The van der Waals surface area contributed by atoms with Gasteiger partial charge in [0, 0.05) is 36.4 Å². The van der Waals surface area contributed by atoms with Crippen LogP contribution in [-0.2, 0) is 24.9 Å². The first-order valence-corrected chi connectivity index (χ1v) is 12.4. The van der Waals surface area contributed by atoms with E-state index in [-0.39, 0.29) is 31.6 Å². The van der Waals surface area contributed by atoms with Crippen molar-refractivity contribution in [1.29, 1.82) is 0 Å². The molecule has 6 aromatic rings. The van der Waals surface area contributed by atoms with E-state index >= 15 is 0 Å². The zero-order chi connectivity index (χ0) is 25.2. The predicted molar refractivity (Wildman–Crippen MR) is 148 cm³/mol. The molecule has 0 unspecified atom stereocenters. The number of thiophene rings is 1. The zero-order valence-electron chi connectivity index (χ0n) is 20.5. The number of aryl methyl sites for hydroxylation is 1. The fourth-order valence-electron chi connectivity index (χ4n) is 4.27. The summed E-state index contributed by atoms with van der Waals surface area (Å²) in [5.41, 5.74) is 7.04. The molecule has 37 heavy (non-hydrogen) atoms. The molecule has 0 amide bonds. The average molecular weight is 683 g/mol. The van der Waals surface area contributed by atoms with Gasteiger partial charge in [-0.25, -0.2) is 0 Å². The SMILES string of the molecule is CC(=O)/C=C(/C)O.Cc1c(-c2ccccc2)sc2ccc(-c3[c-]ccc4c3oc3ccccc34)nc12.[Ir]. The molecule has 6 heteroatoms. The number of rotatable bonds is 3. The number of fused-ring (bicyclic) bond motifs is 4. The quantitative estimate of drug-likeness (QED) is 0.115. The number of para-hydroxylation sites is 1. The second-order valence-electron chi connectivity index (χ2n) is 8.56. The molecule has 0 saturated heterocycles. The summed E-state index contributed by atoms with van der Waals surface area (Å²) in [5.74, 6) is -0.0625. The van der Waals surface area contributed by atoms with Crippen LogP contribution in [0, 0.1) is 13.0 Å². The van der Waals surface area contributed by atoms with Gasteiger partial charge in [0.05, 0.1) is 21.6 Å². The van der Waals surface area contributed by atoms with Crippen LogP contribution in [0.2, 0.25) is 0 Å². The molecule has 3 aromatic heterocycles. The minimum absolute atomic E-state index is 0. The summed E-state index contributed by atoms with van der Waals surface area (Å²) in [4.78, 5) is 16.3. The number of aliphatic hydroxyl groups excluding tert-OH is 1. The van der Waals surface area contributed by atoms with E-state index in [0.29, 0.717) is 0 Å². The van der Waals surface area contributed by atoms with Gasteiger partial charge in [-0.3, -0.25) is 9.78 Å². The standard InChI is InChI=1S/C26H16NOS.C5H8O2.Ir/c1-16-24-23(29-26(16)17-8-3-2-4-9-17)15-14-21(27-24)20-12-7-11-19-18-10-5-6-13-22(18)28-25(19)20;1-4(6)3-5(2)7;/h2-11,13-15H,1H3;3,6H,1-2H3;/q-1;;/b;4-3-;. The molecule has 0 bridgehead atoms. The van der Waals surface area contributed by atoms with E-state index in [1.165, 1.54) is 40.6 Å². The third-order valence-electron chi connectivity index (χ3n) is 5.81. The number of allylic oxidation sites excluding steroid dienone is 2. The first kappa shape index (κ1) is 26.5. The maximum atomic E-state index is 10.0. The Morgan fingerprint density at radius 1 is 0.973 bits per heavy atom. The van der Waals surface area contributed by atoms with Gasteiger partial charge in [0.25, 0.3) is 0 Å². The molecule has 6 rings (SSSR count). The Hall–Kier alpha value is -3.57. The number of nitrogens with zero attached hydrogens (tertiary/aromatic N) is 1. The molecule has 1 N–H and O–H groups in total. The van der Waals surface area contributed by atoms with Gasteiger partial charge in [-0.2, -0.15) is 0 Å². The van der Waals surface area contributed by atoms with Crippen LogP contribution in [0.1, 0.15) is 19.4 Å². The van der Waals surface area contributed by atoms with E-state index in [1.807, 2.05) is 30.3 Å². The van der Waals surface area contributed by atoms with Gasteiger partial charge >= 0.3 is 0 Å². The average Bonchev–Trinajstić information content (AvgIpc) is 3.41. The molecule has 0 aliphatic carbocycles. The number of ketones is 1. The summed E-state index contributed by atoms with van der Waals surface area (Å²) < 4.78 is 7.38. The van der Waals surface area contributed by atoms with Gasteiger partial charge in [0.15, 0.2) is 5.78 Å². The number of hydrogen-bond acceptors (Lipinski definition) is 5. The van der Waals surface area contributed by atoms with Crippen molar-refractivity contribution in [3.8, 4) is 21.7 Å². The molecular formula is C31H24IrNO3S-. The second kappa shape index (κ2) is 11.2. The Balaban J connectivity index is 0.000000356. The maximum Gasteiger partial charge on any atom is 0.155 e. The largest absolute Gasteiger partial charge is 0.512 e. The molecule has 0 fully saturated rings. The molecule has 0 aliphatic rings. The Labute approximate surface area is 232 Å². The van der Waals surface area contributed by atoms with Gasteiger partial charge in [0.2, 0.25) is 0 Å². The maximum absolute atomic E-state index is 10.0. The van der Waals surface area contributed by atoms with Crippen molar-refractivity contribution in [2.75, 3.05) is 0 Å². The van der Waals surface area contributed by atoms with Crippen molar-refractivity contribution in [3.63, 3.8) is 0 Å². The topological polar surface area (TPSA) is 63.3 Å². The third-order valence-corrected chi connectivity index (χ3v) is 7.10. The number of hydrogen-bond donors (Lipinski definition) is 1. The Kier molecular flexibility index (Phi) is 8.03. The Morgan fingerprint density at radius 2 is 1.70 bits per heavy atom. The van der Waals surface area contributed by atoms with Crippen molar-refractivity contribution >= 4 is 49.3 Å². The summed E-state index contributed by atoms with van der Waals surface area (Å²) in [6.07, 6.45) is 1.17. The van der Waals surface area contributed by atoms with Crippen LogP contribution in [0.5, 0.6) is 0 Å². The minimum Gasteiger partial charge on any atom is -0.512 e. The number of aromatic nitrogens is 1. The summed E-state index contributed by atoms with van der Waals surface area (Å²) >= 11 is 1.79. The summed E-state index contributed by atoms with van der Waals surface area (Å²) in [6, 6.07) is 30.3. The first-order valence-electron chi connectivity index (χ1n) is 11.6. The van der Waals surface area contributed by atoms with Gasteiger partial charge in [-0.1, -0.05) is 65.5 Å². The van der Waals surface area contributed by atoms with Crippen LogP contribution in [0.4, 0.5) is 0 Å². The number of carbonyl (C=O) groups is 1. The molecule has 0 aliphatic heterocycles. The van der Waals surface area contributed by atoms with E-state index in [1.54, 1.807) is 11.3 Å². The van der Waals surface area contributed by atoms with Crippen LogP contribution in [0.3, 0.4) is 0 Å². The molecular weight excluding hydrogens is 659 g/mol. The molecule has 187 valence electrons. The molecule has 3 aromatic carbocycles. The van der Waals surface area contributed by atoms with Crippen LogP contribution < -0.4 is 0 Å². The van der Waals surface area contributed by atoms with Gasteiger partial charge < -0.3 is 9.52 Å². The monoisotopic (exact) mass is 683 g/mol. The van der Waals surface area contributed by atoms with E-state index in [2.05, 4.69) is 61.5 Å². The number of carbonyl (C=O) groups excluding carboxylic acids is 1. The van der Waals surface area contributed by atoms with Gasteiger partial charge in [0.1, 0.15) is 5.58 Å². The van der Waals surface area contributed by atoms with Crippen molar-refractivity contribution in [3.05, 3.63) is 102 Å². The first-order chi connectivity index (χ1) is 17.4. The molecule has 3 heterocycles. The van der Waals surface area contributed by atoms with Gasteiger partial charge in [-0.05, 0) is 49.7 Å². The molecule has 1 radical (unpaired) electrons. The molecule has 0 spiro atoms. The number of pyridine rings is 1. The Morgan fingerprint density at radius 3 is 2.41 bits per heavy atom. The van der Waals surface area contributed by atoms with E-state index in [4.69, 9.17) is 14.5 Å². The summed E-state index contributed by atoms with van der Waals surface area (Å²) in [7, 11) is 0. The van der Waals surface area contributed by atoms with Crippen LogP contribution in [-0.4, -0.2) is 15.9 Å². The molecule has 4 nitrogen and oxygen atoms in total. The minimum atomic E-state index is -0.125. The number of aliphatic hydroxyl groups is 1. The van der Waals surface area contributed by atoms with E-state index < -0.39 is 0 Å². The van der Waals surface area contributed by atoms with Crippen molar-refractivity contribution in [1.82, 2.24) is 4.98 Å². The van der Waals surface area contributed by atoms with Crippen molar-refractivity contribution in [2.24, 2.45) is 0 Å². The van der Waals surface area contributed by atoms with E-state index in [9.17, 15) is 4.79 Å². The van der Waals surface area contributed by atoms with Crippen LogP contribution >= 0.6 is 11.3 Å². The zero-order valence-corrected chi connectivity index (χ0v) is 23.7. The van der Waals surface area contributed by atoms with Crippen LogP contribution in [0.15, 0.2) is 95.1 Å². The fraction of sp³-hybridized carbons (Fsp3) is 0.0968. The molecule has 0 saturated carbocycles. The second-order valence-corrected chi connectivity index (χ2v) is 9.61. The van der Waals surface area contributed by atoms with Crippen LogP contribution in [0.25, 0.3) is 53.9 Å². The third kappa shape index (κ3) is 5.42. The summed E-state index contributed by atoms with van der Waals surface area (Å²) in [5, 5.41) is 10.6. The predicted octanol–water partition coefficient (Wildman–Crippen LogP) is 8.67. The van der Waals surface area contributed by atoms with Crippen molar-refractivity contribution < 1.29 is 34.4 Å². The van der Waals surface area contributed by atoms with Crippen molar-refractivity contribution in [2.45, 2.75) is 20.8 Å². The normalized spacial score (nSPS) is 11.3.